The monoisotopic (exact) mass is 325 g/mol. The fourth-order valence-corrected chi connectivity index (χ4v) is 1.81. The van der Waals surface area contributed by atoms with Crippen LogP contribution in [0.1, 0.15) is 11.6 Å². The molecular weight excluding hydrogens is 319 g/mol. The van der Waals surface area contributed by atoms with Crippen LogP contribution in [-0.4, -0.2) is 12.4 Å². The molecule has 0 heterocycles. The van der Waals surface area contributed by atoms with E-state index in [0.717, 1.165) is 18.2 Å². The molecule has 1 unspecified atom stereocenters. The average molecular weight is 326 g/mol. The third kappa shape index (κ3) is 3.90. The van der Waals surface area contributed by atoms with E-state index in [1.54, 1.807) is 0 Å². The Morgan fingerprint density at radius 2 is 1.37 bits per heavy atom. The maximum Gasteiger partial charge on any atom is 0.402 e. The van der Waals surface area contributed by atoms with Gasteiger partial charge in [0.25, 0.3) is 0 Å². The topological polar surface area (TPSA) is 26.0 Å². The molecule has 1 aromatic carbocycles. The largest absolute Gasteiger partial charge is 0.402 e. The van der Waals surface area contributed by atoms with Gasteiger partial charge in [-0.3, -0.25) is 0 Å². The summed E-state index contributed by atoms with van der Waals surface area (Å²) in [5, 5.41) is -0.161. The van der Waals surface area contributed by atoms with Crippen molar-refractivity contribution in [2.75, 3.05) is 0 Å². The lowest BCUT2D eigenvalue weighted by atomic mass is 9.92. The Morgan fingerprint density at radius 3 is 1.74 bits per heavy atom. The highest BCUT2D eigenvalue weighted by Gasteiger charge is 2.59. The molecule has 1 aromatic rings. The van der Waals surface area contributed by atoms with Crippen molar-refractivity contribution >= 4 is 23.2 Å². The summed E-state index contributed by atoms with van der Waals surface area (Å²) in [5.41, 5.74) is 4.69. The molecule has 0 bridgehead atoms. The first-order valence-corrected chi connectivity index (χ1v) is 5.54. The van der Waals surface area contributed by atoms with Gasteiger partial charge in [-0.05, 0) is 17.7 Å². The van der Waals surface area contributed by atoms with Crippen molar-refractivity contribution in [2.24, 2.45) is 11.7 Å². The zero-order valence-corrected chi connectivity index (χ0v) is 10.5. The second-order valence-corrected chi connectivity index (χ2v) is 4.57. The summed E-state index contributed by atoms with van der Waals surface area (Å²) in [5.74, 6) is -3.67. The Hall–Kier alpha value is -0.660. The van der Waals surface area contributed by atoms with E-state index in [0.29, 0.717) is 0 Å². The molecule has 0 saturated heterocycles. The Morgan fingerprint density at radius 1 is 0.895 bits per heavy atom. The fraction of sp³-hybridized carbons (Fsp3) is 0.400. The molecule has 1 nitrogen and oxygen atoms in total. The van der Waals surface area contributed by atoms with Crippen LogP contribution >= 0.6 is 23.2 Å². The number of hydrogen-bond acceptors (Lipinski definition) is 1. The number of benzene rings is 1. The maximum atomic E-state index is 12.5. The molecule has 0 amide bonds. The van der Waals surface area contributed by atoms with Gasteiger partial charge in [-0.25, -0.2) is 0 Å². The van der Waals surface area contributed by atoms with Gasteiger partial charge in [0.1, 0.15) is 0 Å². The lowest BCUT2D eigenvalue weighted by molar-refractivity contribution is -0.290. The van der Waals surface area contributed by atoms with Crippen molar-refractivity contribution in [1.29, 1.82) is 0 Å². The quantitative estimate of drug-likeness (QED) is 0.781. The van der Waals surface area contributed by atoms with Gasteiger partial charge in [-0.1, -0.05) is 29.3 Å². The van der Waals surface area contributed by atoms with Crippen molar-refractivity contribution in [3.05, 3.63) is 33.8 Å². The smallest absolute Gasteiger partial charge is 0.323 e. The second kappa shape index (κ2) is 5.38. The fourth-order valence-electron chi connectivity index (χ4n) is 1.50. The molecule has 1 atom stereocenters. The molecule has 2 N–H and O–H groups in total. The van der Waals surface area contributed by atoms with Gasteiger partial charge in [0, 0.05) is 0 Å². The molecule has 0 fully saturated rings. The first-order valence-electron chi connectivity index (χ1n) is 4.78. The summed E-state index contributed by atoms with van der Waals surface area (Å²) >= 11 is 11.1. The predicted molar refractivity (Wildman–Crippen MR) is 59.0 cm³/mol. The highest BCUT2D eigenvalue weighted by Crippen LogP contribution is 2.45. The summed E-state index contributed by atoms with van der Waals surface area (Å²) in [6.07, 6.45) is -11.0. The first-order chi connectivity index (χ1) is 8.44. The number of alkyl halides is 6. The summed E-state index contributed by atoms with van der Waals surface area (Å²) in [6.45, 7) is 0. The van der Waals surface area contributed by atoms with Crippen LogP contribution in [-0.2, 0) is 0 Å². The molecule has 0 spiro atoms. The molecule has 0 saturated carbocycles. The summed E-state index contributed by atoms with van der Waals surface area (Å²) in [6, 6.07) is 0.639. The minimum Gasteiger partial charge on any atom is -0.323 e. The minimum absolute atomic E-state index is 0.00758. The third-order valence-electron chi connectivity index (χ3n) is 2.39. The second-order valence-electron chi connectivity index (χ2n) is 3.76. The number of halogens is 8. The number of nitrogens with two attached hydrogens (primary N) is 1. The highest BCUT2D eigenvalue weighted by molar-refractivity contribution is 6.42. The van der Waals surface area contributed by atoms with Gasteiger partial charge < -0.3 is 5.73 Å². The normalized spacial score (nSPS) is 14.8. The van der Waals surface area contributed by atoms with Gasteiger partial charge in [0.2, 0.25) is 0 Å². The third-order valence-corrected chi connectivity index (χ3v) is 3.13. The van der Waals surface area contributed by atoms with Gasteiger partial charge in [-0.15, -0.1) is 0 Å². The minimum atomic E-state index is -5.51. The van der Waals surface area contributed by atoms with Crippen LogP contribution in [0, 0.1) is 5.92 Å². The van der Waals surface area contributed by atoms with Gasteiger partial charge in [-0.2, -0.15) is 26.3 Å². The van der Waals surface area contributed by atoms with Crippen LogP contribution in [0.15, 0.2) is 18.2 Å². The summed E-state index contributed by atoms with van der Waals surface area (Å²) < 4.78 is 74.8. The molecule has 0 aliphatic heterocycles. The summed E-state index contributed by atoms with van der Waals surface area (Å²) in [7, 11) is 0. The lowest BCUT2D eigenvalue weighted by Crippen LogP contribution is -2.43. The molecule has 19 heavy (non-hydrogen) atoms. The molecule has 9 heteroatoms. The lowest BCUT2D eigenvalue weighted by Gasteiger charge is -2.28. The maximum absolute atomic E-state index is 12.5. The van der Waals surface area contributed by atoms with E-state index in [9.17, 15) is 26.3 Å². The Kier molecular flexibility index (Phi) is 4.64. The van der Waals surface area contributed by atoms with E-state index in [2.05, 4.69) is 0 Å². The van der Waals surface area contributed by atoms with Crippen LogP contribution in [0.3, 0.4) is 0 Å². The molecule has 0 aliphatic carbocycles. The van der Waals surface area contributed by atoms with Crippen LogP contribution in [0.25, 0.3) is 0 Å². The van der Waals surface area contributed by atoms with Crippen molar-refractivity contribution < 1.29 is 26.3 Å². The molecule has 0 aliphatic rings. The Bertz CT molecular complexity index is 442. The number of rotatable bonds is 2. The zero-order chi connectivity index (χ0) is 15.0. The van der Waals surface area contributed by atoms with Gasteiger partial charge >= 0.3 is 12.4 Å². The molecule has 0 radical (unpaired) electrons. The van der Waals surface area contributed by atoms with Crippen molar-refractivity contribution in [1.82, 2.24) is 0 Å². The van der Waals surface area contributed by atoms with E-state index < -0.39 is 29.9 Å². The van der Waals surface area contributed by atoms with Crippen LogP contribution < -0.4 is 5.73 Å². The van der Waals surface area contributed by atoms with E-state index in [1.807, 2.05) is 0 Å². The number of hydrogen-bond donors (Lipinski definition) is 1. The van der Waals surface area contributed by atoms with E-state index in [1.165, 1.54) is 0 Å². The predicted octanol–water partition coefficient (Wildman–Crippen LogP) is 4.73. The van der Waals surface area contributed by atoms with Crippen LogP contribution in [0.4, 0.5) is 26.3 Å². The van der Waals surface area contributed by atoms with E-state index in [4.69, 9.17) is 28.9 Å². The Labute approximate surface area is 114 Å². The first kappa shape index (κ1) is 16.4. The van der Waals surface area contributed by atoms with Crippen molar-refractivity contribution in [2.45, 2.75) is 18.4 Å². The standard InChI is InChI=1S/C10H7Cl2F6N/c11-5-2-1-4(3-6(5)12)7(19)8(9(13,14)15)10(16,17)18/h1-3,7-8H,19H2. The van der Waals surface area contributed by atoms with Gasteiger partial charge in [0.05, 0.1) is 16.1 Å². The Balaban J connectivity index is 3.20. The van der Waals surface area contributed by atoms with Crippen LogP contribution in [0.2, 0.25) is 10.0 Å². The highest BCUT2D eigenvalue weighted by atomic mass is 35.5. The molecular formula is C10H7Cl2F6N. The van der Waals surface area contributed by atoms with E-state index in [-0.39, 0.29) is 10.0 Å². The van der Waals surface area contributed by atoms with Crippen molar-refractivity contribution in [3.63, 3.8) is 0 Å². The molecule has 0 aromatic heterocycles. The SMILES string of the molecule is NC(c1ccc(Cl)c(Cl)c1)C(C(F)(F)F)C(F)(F)F. The molecule has 1 rings (SSSR count). The summed E-state index contributed by atoms with van der Waals surface area (Å²) in [4.78, 5) is 0. The van der Waals surface area contributed by atoms with Gasteiger partial charge in [0.15, 0.2) is 5.92 Å². The van der Waals surface area contributed by atoms with E-state index >= 15 is 0 Å². The van der Waals surface area contributed by atoms with Crippen LogP contribution in [0.5, 0.6) is 0 Å². The molecule has 108 valence electrons. The van der Waals surface area contributed by atoms with Crippen molar-refractivity contribution in [3.8, 4) is 0 Å². The zero-order valence-electron chi connectivity index (χ0n) is 8.99. The average Bonchev–Trinajstić information content (AvgIpc) is 2.17.